The van der Waals surface area contributed by atoms with Gasteiger partial charge in [0.15, 0.2) is 63.9 Å². The Labute approximate surface area is 630 Å². The highest BCUT2D eigenvalue weighted by Crippen LogP contribution is 2.65. The highest BCUT2D eigenvalue weighted by molar-refractivity contribution is 7.98. The number of esters is 2. The minimum atomic E-state index is -6.26. The van der Waals surface area contributed by atoms with Crippen LogP contribution < -0.4 is 36.7 Å². The summed E-state index contributed by atoms with van der Waals surface area (Å²) in [6.07, 6.45) is 6.69. The highest BCUT2D eigenvalue weighted by atomic mass is 79.9. The molecule has 106 heavy (non-hydrogen) atoms. The van der Waals surface area contributed by atoms with E-state index in [-0.39, 0.29) is 67.4 Å². The molecule has 0 saturated heterocycles. The summed E-state index contributed by atoms with van der Waals surface area (Å²) in [6.45, 7) is 11.1. The number of alkyl halides is 10. The fourth-order valence-electron chi connectivity index (χ4n) is 12.8. The number of carbonyl (C=O) groups excluding carboxylic acids is 4. The fraction of sp³-hybridized carbons (Fsp3) is 0.507. The lowest BCUT2D eigenvalue weighted by Crippen LogP contribution is -3.00. The monoisotopic (exact) mass is 1700 g/mol. The molecule has 4 aliphatic rings. The van der Waals surface area contributed by atoms with E-state index in [4.69, 9.17) is 18.8 Å². The number of fused-ring (bicyclic) bond motifs is 4. The summed E-state index contributed by atoms with van der Waals surface area (Å²) in [5.41, 5.74) is -8.88. The van der Waals surface area contributed by atoms with Crippen molar-refractivity contribution in [3.8, 4) is 11.5 Å². The maximum atomic E-state index is 13.5. The van der Waals surface area contributed by atoms with Crippen molar-refractivity contribution in [3.05, 3.63) is 138 Å². The van der Waals surface area contributed by atoms with Crippen molar-refractivity contribution in [3.63, 3.8) is 0 Å². The molecule has 6 atom stereocenters. The first-order valence-corrected chi connectivity index (χ1v) is 38.8. The van der Waals surface area contributed by atoms with Gasteiger partial charge in [0, 0.05) is 56.3 Å². The Bertz CT molecular complexity index is 3880. The van der Waals surface area contributed by atoms with Crippen LogP contribution in [0.15, 0.2) is 135 Å². The van der Waals surface area contributed by atoms with Crippen LogP contribution in [0.5, 0.6) is 11.5 Å². The first-order valence-electron chi connectivity index (χ1n) is 31.0. The zero-order chi connectivity index (χ0) is 78.9. The number of aromatic nitrogens is 1. The van der Waals surface area contributed by atoms with Gasteiger partial charge in [-0.2, -0.15) is 38.7 Å². The number of hydrogen-bond acceptors (Lipinski definition) is 22. The molecule has 4 aromatic carbocycles. The number of benzene rings is 4. The van der Waals surface area contributed by atoms with Crippen LogP contribution in [-0.4, -0.2) is 139 Å². The zero-order valence-corrected chi connectivity index (χ0v) is 64.8. The summed E-state index contributed by atoms with van der Waals surface area (Å²) in [6, 6.07) is 28.1. The van der Waals surface area contributed by atoms with Gasteiger partial charge in [0.1, 0.15) is 61.5 Å². The van der Waals surface area contributed by atoms with Gasteiger partial charge < -0.3 is 50.8 Å². The molecule has 4 fully saturated rings. The lowest BCUT2D eigenvalue weighted by atomic mass is 9.70. The van der Waals surface area contributed by atoms with E-state index >= 15 is 0 Å². The van der Waals surface area contributed by atoms with Crippen molar-refractivity contribution >= 4 is 87.7 Å². The number of hydrogen-bond donors (Lipinski definition) is 1. The van der Waals surface area contributed by atoms with Crippen molar-refractivity contribution in [2.24, 2.45) is 33.5 Å². The first kappa shape index (κ1) is 96.4. The molecule has 0 radical (unpaired) electrons. The number of Topliss-reactive ketones (excluding diaryl/α,β-unsaturated/α-hetero) is 2. The summed E-state index contributed by atoms with van der Waals surface area (Å²) in [7, 11) is -14.5. The molecule has 4 saturated carbocycles. The Morgan fingerprint density at radius 3 is 1.15 bits per heavy atom. The molecule has 4 bridgehead atoms. The lowest BCUT2D eigenvalue weighted by molar-refractivity contribution is -0.777. The molecule has 0 aliphatic heterocycles. The third-order valence-corrected chi connectivity index (χ3v) is 25.9. The van der Waals surface area contributed by atoms with E-state index in [1.54, 1.807) is 88.4 Å². The molecule has 9 rings (SSSR count). The average Bonchev–Trinajstić information content (AvgIpc) is 1.56. The Morgan fingerprint density at radius 1 is 0.566 bits per heavy atom. The van der Waals surface area contributed by atoms with Crippen LogP contribution in [0, 0.1) is 61.2 Å². The van der Waals surface area contributed by atoms with Crippen LogP contribution in [0.2, 0.25) is 0 Å². The normalized spacial score (nSPS) is 19.7. The first-order chi connectivity index (χ1) is 48.1. The van der Waals surface area contributed by atoms with Crippen molar-refractivity contribution in [1.82, 2.24) is 0 Å². The van der Waals surface area contributed by atoms with E-state index in [9.17, 15) is 98.1 Å². The number of halogens is 11. The van der Waals surface area contributed by atoms with Crippen molar-refractivity contribution in [2.45, 2.75) is 142 Å². The number of aliphatic hydroxyl groups is 1. The third-order valence-electron chi connectivity index (χ3n) is 18.0. The number of nitrogens with one attached hydrogen (secondary N) is 1. The van der Waals surface area contributed by atoms with E-state index in [0.29, 0.717) is 65.9 Å². The second-order valence-corrected chi connectivity index (χ2v) is 34.3. The molecule has 1 aromatic heterocycles. The predicted octanol–water partition coefficient (Wildman–Crippen LogP) is 8.63. The van der Waals surface area contributed by atoms with E-state index in [1.807, 2.05) is 58.3 Å². The summed E-state index contributed by atoms with van der Waals surface area (Å²) < 4.78 is 244. The van der Waals surface area contributed by atoms with Gasteiger partial charge in [-0.25, -0.2) is 23.0 Å². The van der Waals surface area contributed by atoms with Gasteiger partial charge in [-0.3, -0.25) is 23.0 Å². The van der Waals surface area contributed by atoms with Crippen LogP contribution in [0.4, 0.5) is 43.9 Å². The molecular weight excluding hydrogens is 1620 g/mol. The molecule has 4 aliphatic carbocycles. The van der Waals surface area contributed by atoms with Gasteiger partial charge in [0.05, 0.1) is 36.6 Å². The standard InChI is InChI=1S/2C16H16F3OS.2C14H20F2O9S2.C5H5N.CH4O.CH4.BrH/c2*1-11-9-14(10-12(2)15(11)20-3)21(16(17,18)19)13-7-5-4-6-8-13;1-12(2)9-3-4-13(12,10(17)7-9)8-26(19,20)25-6-5-24-11(18)14(15,16)27(21,22)23;1-12(2)9-3-4-13(12,10(17)7-9)8-27(20,21)23-6-5-22-11(18)14(15,16)26-25-24-19;1-2-4-6-5-3-1;1-2;;/h2*4-10H,1-3H3;9H,3-8H2,1-2H3,(H,21,22,23);9,19H,3-8H2,1-2H3;1-5H;2H,1H3;1H4;1H/q2*+1;;;;;;/p-2. The Balaban J connectivity index is 0.000000462. The number of carbonyl (C=O) groups is 4. The molecular formula is C67H84BrF10NO21S6. The summed E-state index contributed by atoms with van der Waals surface area (Å²) in [4.78, 5) is 50.7. The number of rotatable bonds is 24. The second-order valence-electron chi connectivity index (χ2n) is 24.7. The molecule has 22 nitrogen and oxygen atoms in total. The topological polar surface area (TPSA) is 325 Å². The molecule has 596 valence electrons. The van der Waals surface area contributed by atoms with Gasteiger partial charge in [0.2, 0.25) is 0 Å². The molecule has 39 heteroatoms. The maximum absolute atomic E-state index is 13.5. The summed E-state index contributed by atoms with van der Waals surface area (Å²) >= 11 is -0.860. The lowest BCUT2D eigenvalue weighted by Gasteiger charge is -2.35. The van der Waals surface area contributed by atoms with Crippen molar-refractivity contribution < 1.29 is 162 Å². The van der Waals surface area contributed by atoms with Gasteiger partial charge in [0.25, 0.3) is 20.2 Å². The predicted molar refractivity (Wildman–Crippen MR) is 363 cm³/mol. The second kappa shape index (κ2) is 39.8. The van der Waals surface area contributed by atoms with Gasteiger partial charge in [-0.1, -0.05) is 77.6 Å². The number of H-pyrrole nitrogens is 1. The Hall–Kier alpha value is -5.69. The largest absolute Gasteiger partial charge is 1.00 e. The number of aliphatic hydroxyl groups excluding tert-OH is 1. The number of aryl methyl sites for hydroxylation is 4. The van der Waals surface area contributed by atoms with Crippen LogP contribution >= 0.6 is 12.0 Å². The van der Waals surface area contributed by atoms with E-state index in [1.165, 1.54) is 38.5 Å². The number of ether oxygens (including phenoxy) is 4. The Kier molecular flexibility index (Phi) is 36.2. The summed E-state index contributed by atoms with van der Waals surface area (Å²) in [5.74, 6) is -4.56. The maximum Gasteiger partial charge on any atom is 0.586 e. The molecule has 0 amide bonds. The van der Waals surface area contributed by atoms with Crippen LogP contribution in [0.1, 0.15) is 95.9 Å². The molecule has 2 N–H and O–H groups in total. The Morgan fingerprint density at radius 2 is 0.896 bits per heavy atom. The number of methoxy groups -OCH3 is 2. The molecule has 5 aromatic rings. The van der Waals surface area contributed by atoms with Crippen molar-refractivity contribution in [2.75, 3.05) is 59.3 Å². The quantitative estimate of drug-likeness (QED) is 0.00695. The fourth-order valence-corrected chi connectivity index (χ4v) is 20.3. The third kappa shape index (κ3) is 24.2. The van der Waals surface area contributed by atoms with Crippen molar-refractivity contribution in [1.29, 1.82) is 0 Å². The number of ketones is 2. The minimum absolute atomic E-state index is 0. The van der Waals surface area contributed by atoms with E-state index in [0.717, 1.165) is 13.5 Å². The van der Waals surface area contributed by atoms with Gasteiger partial charge in [-0.05, 0) is 123 Å². The smallest absolute Gasteiger partial charge is 0.586 e. The SMILES string of the molecule is C.CC1(C)C2CCC1(CS(=O)(=O)OCCOC(=O)C(F)(F)S(=O)(=O)[O-])C(=O)C2.CC1(C)C2CCC1(CS(=O)(=O)OCCOC(=O)C(F)(F)SOO[O-])C(=O)C2.CO.COc1c(C)cc([S+](c2ccccc2)C(F)(F)F)cc1C.COc1c(C)cc([S+](c2ccccc2)C(F)(F)F)cc1C.[Br-].c1cc[nH+]cc1. The number of pyridine rings is 1. The minimum Gasteiger partial charge on any atom is -1.00 e. The summed E-state index contributed by atoms with van der Waals surface area (Å²) in [5, 5.41) is 9.69. The molecule has 6 unspecified atom stereocenters. The molecule has 0 spiro atoms. The van der Waals surface area contributed by atoms with Gasteiger partial charge in [-0.15, -0.1) is 26.3 Å². The van der Waals surface area contributed by atoms with Crippen LogP contribution in [-0.2, 0) is 98.5 Å². The zero-order valence-electron chi connectivity index (χ0n) is 58.3. The van der Waals surface area contributed by atoms with Crippen LogP contribution in [0.25, 0.3) is 0 Å². The van der Waals surface area contributed by atoms with Gasteiger partial charge >= 0.3 is 33.5 Å². The number of aromatic amines is 1. The molecule has 1 heterocycles. The van der Waals surface area contributed by atoms with Crippen LogP contribution in [0.3, 0.4) is 0 Å². The highest BCUT2D eigenvalue weighted by Gasteiger charge is 2.67. The average molecular weight is 1700 g/mol. The van der Waals surface area contributed by atoms with E-state index < -0.39 is 157 Å². The van der Waals surface area contributed by atoms with E-state index in [2.05, 4.69) is 28.0 Å².